The van der Waals surface area contributed by atoms with E-state index in [0.717, 1.165) is 25.7 Å². The van der Waals surface area contributed by atoms with E-state index in [1.165, 1.54) is 0 Å². The molecule has 1 unspecified atom stereocenters. The number of aromatic nitrogens is 1. The number of rotatable bonds is 6. The highest BCUT2D eigenvalue weighted by Crippen LogP contribution is 2.22. The molecule has 1 aromatic rings. The predicted molar refractivity (Wildman–Crippen MR) is 66.9 cm³/mol. The van der Waals surface area contributed by atoms with Crippen molar-refractivity contribution < 1.29 is 4.79 Å². The first-order valence-electron chi connectivity index (χ1n) is 5.85. The lowest BCUT2D eigenvalue weighted by Gasteiger charge is -2.13. The first-order valence-corrected chi connectivity index (χ1v) is 6.23. The Labute approximate surface area is 102 Å². The molecule has 0 aliphatic carbocycles. The molecule has 88 valence electrons. The average molecular weight is 240 g/mol. The normalized spacial score (nSPS) is 12.4. The van der Waals surface area contributed by atoms with Crippen LogP contribution in [-0.2, 0) is 0 Å². The molecular weight excluding hydrogens is 222 g/mol. The number of unbranched alkanes of at least 4 members (excludes halogenated alkanes) is 1. The molecule has 0 fully saturated rings. The second-order valence-corrected chi connectivity index (χ2v) is 4.31. The minimum Gasteiger partial charge on any atom is -0.294 e. The van der Waals surface area contributed by atoms with Gasteiger partial charge in [0.1, 0.15) is 5.15 Å². The first-order chi connectivity index (χ1) is 7.70. The highest BCUT2D eigenvalue weighted by molar-refractivity contribution is 6.32. The quantitative estimate of drug-likeness (QED) is 0.552. The maximum Gasteiger partial charge on any atom is 0.169 e. The molecule has 3 heteroatoms. The van der Waals surface area contributed by atoms with Crippen LogP contribution in [-0.4, -0.2) is 10.8 Å². The summed E-state index contributed by atoms with van der Waals surface area (Å²) in [5.41, 5.74) is 0.562. The molecule has 0 saturated carbocycles. The molecule has 0 spiro atoms. The summed E-state index contributed by atoms with van der Waals surface area (Å²) in [6.45, 7) is 4.18. The molecule has 1 atom stereocenters. The van der Waals surface area contributed by atoms with Crippen LogP contribution in [0.3, 0.4) is 0 Å². The Morgan fingerprint density at radius 1 is 1.50 bits per heavy atom. The van der Waals surface area contributed by atoms with Crippen LogP contribution < -0.4 is 0 Å². The van der Waals surface area contributed by atoms with Crippen molar-refractivity contribution in [2.24, 2.45) is 5.92 Å². The van der Waals surface area contributed by atoms with Gasteiger partial charge in [0.05, 0.1) is 5.56 Å². The van der Waals surface area contributed by atoms with E-state index in [9.17, 15) is 4.79 Å². The SMILES string of the molecule is CCCCC(CC)C(=O)c1cccnc1Cl. The first kappa shape index (κ1) is 13.2. The average Bonchev–Trinajstić information content (AvgIpc) is 2.30. The van der Waals surface area contributed by atoms with Gasteiger partial charge in [0.25, 0.3) is 0 Å². The third kappa shape index (κ3) is 3.31. The molecule has 0 bridgehead atoms. The lowest BCUT2D eigenvalue weighted by Crippen LogP contribution is -2.14. The van der Waals surface area contributed by atoms with E-state index in [1.54, 1.807) is 18.3 Å². The Hall–Kier alpha value is -0.890. The van der Waals surface area contributed by atoms with Gasteiger partial charge >= 0.3 is 0 Å². The van der Waals surface area contributed by atoms with Crippen molar-refractivity contribution in [3.05, 3.63) is 29.0 Å². The van der Waals surface area contributed by atoms with Gasteiger partial charge in [-0.15, -0.1) is 0 Å². The fourth-order valence-corrected chi connectivity index (χ4v) is 1.97. The van der Waals surface area contributed by atoms with Crippen molar-refractivity contribution in [2.45, 2.75) is 39.5 Å². The van der Waals surface area contributed by atoms with Gasteiger partial charge in [0, 0.05) is 12.1 Å². The molecule has 2 nitrogen and oxygen atoms in total. The summed E-state index contributed by atoms with van der Waals surface area (Å²) in [7, 11) is 0. The van der Waals surface area contributed by atoms with Crippen LogP contribution in [0, 0.1) is 5.92 Å². The van der Waals surface area contributed by atoms with Crippen molar-refractivity contribution in [1.82, 2.24) is 4.98 Å². The number of nitrogens with zero attached hydrogens (tertiary/aromatic N) is 1. The Morgan fingerprint density at radius 3 is 2.81 bits per heavy atom. The second kappa shape index (κ2) is 6.64. The van der Waals surface area contributed by atoms with Crippen LogP contribution in [0.4, 0.5) is 0 Å². The summed E-state index contributed by atoms with van der Waals surface area (Å²) >= 11 is 5.92. The Kier molecular flexibility index (Phi) is 5.47. The van der Waals surface area contributed by atoms with Gasteiger partial charge in [-0.1, -0.05) is 38.3 Å². The fraction of sp³-hybridized carbons (Fsp3) is 0.538. The molecule has 0 aliphatic heterocycles. The van der Waals surface area contributed by atoms with Gasteiger partial charge in [-0.2, -0.15) is 0 Å². The highest BCUT2D eigenvalue weighted by atomic mass is 35.5. The monoisotopic (exact) mass is 239 g/mol. The van der Waals surface area contributed by atoms with Gasteiger partial charge in [-0.3, -0.25) is 4.79 Å². The van der Waals surface area contributed by atoms with Crippen molar-refractivity contribution in [3.8, 4) is 0 Å². The summed E-state index contributed by atoms with van der Waals surface area (Å²) in [6.07, 6.45) is 5.61. The molecule has 0 radical (unpaired) electrons. The molecule has 16 heavy (non-hydrogen) atoms. The number of Topliss-reactive ketones (excluding diaryl/α,β-unsaturated/α-hetero) is 1. The van der Waals surface area contributed by atoms with E-state index < -0.39 is 0 Å². The number of ketones is 1. The van der Waals surface area contributed by atoms with Gasteiger partial charge in [-0.25, -0.2) is 4.98 Å². The maximum absolute atomic E-state index is 12.2. The van der Waals surface area contributed by atoms with Gasteiger partial charge in [0.2, 0.25) is 0 Å². The second-order valence-electron chi connectivity index (χ2n) is 3.95. The number of halogens is 1. The fourth-order valence-electron chi connectivity index (χ4n) is 1.76. The van der Waals surface area contributed by atoms with Crippen LogP contribution in [0.2, 0.25) is 5.15 Å². The van der Waals surface area contributed by atoms with Gasteiger partial charge in [0.15, 0.2) is 5.78 Å². The highest BCUT2D eigenvalue weighted by Gasteiger charge is 2.20. The van der Waals surface area contributed by atoms with Gasteiger partial charge in [-0.05, 0) is 25.0 Å². The van der Waals surface area contributed by atoms with E-state index in [1.807, 2.05) is 6.92 Å². The molecule has 0 saturated heterocycles. The van der Waals surface area contributed by atoms with Crippen LogP contribution in [0.5, 0.6) is 0 Å². The Bertz CT molecular complexity index is 352. The number of hydrogen-bond donors (Lipinski definition) is 0. The van der Waals surface area contributed by atoms with E-state index in [2.05, 4.69) is 11.9 Å². The molecule has 1 aromatic heterocycles. The lowest BCUT2D eigenvalue weighted by atomic mass is 9.91. The van der Waals surface area contributed by atoms with Crippen molar-refractivity contribution in [2.75, 3.05) is 0 Å². The van der Waals surface area contributed by atoms with E-state index in [0.29, 0.717) is 10.7 Å². The molecule has 1 heterocycles. The molecule has 0 N–H and O–H groups in total. The zero-order chi connectivity index (χ0) is 12.0. The summed E-state index contributed by atoms with van der Waals surface area (Å²) < 4.78 is 0. The van der Waals surface area contributed by atoms with Crippen LogP contribution in [0.15, 0.2) is 18.3 Å². The molecule has 0 amide bonds. The number of carbonyl (C=O) groups is 1. The summed E-state index contributed by atoms with van der Waals surface area (Å²) in [5, 5.41) is 0.322. The largest absolute Gasteiger partial charge is 0.294 e. The minimum absolute atomic E-state index is 0.0849. The van der Waals surface area contributed by atoms with Gasteiger partial charge < -0.3 is 0 Å². The number of hydrogen-bond acceptors (Lipinski definition) is 2. The van der Waals surface area contributed by atoms with E-state index >= 15 is 0 Å². The summed E-state index contributed by atoms with van der Waals surface area (Å²) in [4.78, 5) is 16.1. The molecular formula is C13H18ClNO. The Balaban J connectivity index is 2.79. The third-order valence-corrected chi connectivity index (χ3v) is 3.10. The van der Waals surface area contributed by atoms with Crippen LogP contribution in [0.25, 0.3) is 0 Å². The smallest absolute Gasteiger partial charge is 0.169 e. The van der Waals surface area contributed by atoms with Crippen LogP contribution in [0.1, 0.15) is 49.9 Å². The summed E-state index contributed by atoms with van der Waals surface area (Å²) in [6, 6.07) is 3.51. The molecule has 1 rings (SSSR count). The lowest BCUT2D eigenvalue weighted by molar-refractivity contribution is 0.0908. The van der Waals surface area contributed by atoms with Crippen molar-refractivity contribution >= 4 is 17.4 Å². The molecule has 0 aliphatic rings. The topological polar surface area (TPSA) is 30.0 Å². The standard InChI is InChI=1S/C13H18ClNO/c1-3-5-7-10(4-2)12(16)11-8-6-9-15-13(11)14/h6,8-10H,3-5,7H2,1-2H3. The minimum atomic E-state index is 0.0849. The van der Waals surface area contributed by atoms with Crippen molar-refractivity contribution in [3.63, 3.8) is 0 Å². The number of carbonyl (C=O) groups excluding carboxylic acids is 1. The van der Waals surface area contributed by atoms with E-state index in [4.69, 9.17) is 11.6 Å². The third-order valence-electron chi connectivity index (χ3n) is 2.79. The maximum atomic E-state index is 12.2. The van der Waals surface area contributed by atoms with Crippen molar-refractivity contribution in [1.29, 1.82) is 0 Å². The predicted octanol–water partition coefficient (Wildman–Crippen LogP) is 4.13. The zero-order valence-electron chi connectivity index (χ0n) is 9.87. The number of pyridine rings is 1. The Morgan fingerprint density at radius 2 is 2.25 bits per heavy atom. The van der Waals surface area contributed by atoms with Crippen LogP contribution >= 0.6 is 11.6 Å². The van der Waals surface area contributed by atoms with E-state index in [-0.39, 0.29) is 11.7 Å². The summed E-state index contributed by atoms with van der Waals surface area (Å²) in [5.74, 6) is 0.218. The zero-order valence-corrected chi connectivity index (χ0v) is 10.6. The molecule has 0 aromatic carbocycles.